The fourth-order valence-electron chi connectivity index (χ4n) is 1.77. The zero-order valence-electron chi connectivity index (χ0n) is 9.03. The zero-order valence-corrected chi connectivity index (χ0v) is 9.03. The highest BCUT2D eigenvalue weighted by atomic mass is 16.4. The highest BCUT2D eigenvalue weighted by Gasteiger charge is 2.27. The first-order valence-electron chi connectivity index (χ1n) is 5.38. The van der Waals surface area contributed by atoms with Crippen molar-refractivity contribution in [2.24, 2.45) is 5.92 Å². The molecule has 1 aliphatic heterocycles. The SMILES string of the molecule is CCCNC(=O)N1CCC(CC(=O)O)C1. The van der Waals surface area contributed by atoms with E-state index in [1.165, 1.54) is 0 Å². The number of rotatable bonds is 4. The lowest BCUT2D eigenvalue weighted by molar-refractivity contribution is -0.138. The van der Waals surface area contributed by atoms with Gasteiger partial charge < -0.3 is 15.3 Å². The van der Waals surface area contributed by atoms with Gasteiger partial charge in [0.15, 0.2) is 0 Å². The van der Waals surface area contributed by atoms with Crippen LogP contribution in [0.2, 0.25) is 0 Å². The zero-order chi connectivity index (χ0) is 11.3. The summed E-state index contributed by atoms with van der Waals surface area (Å²) in [7, 11) is 0. The first-order valence-corrected chi connectivity index (χ1v) is 5.38. The van der Waals surface area contributed by atoms with Crippen molar-refractivity contribution >= 4 is 12.0 Å². The monoisotopic (exact) mass is 214 g/mol. The fraction of sp³-hybridized carbons (Fsp3) is 0.800. The van der Waals surface area contributed by atoms with Gasteiger partial charge in [0, 0.05) is 26.1 Å². The fourth-order valence-corrected chi connectivity index (χ4v) is 1.77. The van der Waals surface area contributed by atoms with Crippen molar-refractivity contribution < 1.29 is 14.7 Å². The Bertz CT molecular complexity index is 243. The maximum Gasteiger partial charge on any atom is 0.317 e. The lowest BCUT2D eigenvalue weighted by atomic mass is 10.1. The van der Waals surface area contributed by atoms with Crippen molar-refractivity contribution in [1.29, 1.82) is 0 Å². The van der Waals surface area contributed by atoms with Gasteiger partial charge in [-0.15, -0.1) is 0 Å². The normalized spacial score (nSPS) is 20.3. The Kier molecular flexibility index (Phi) is 4.39. The van der Waals surface area contributed by atoms with Crippen LogP contribution in [-0.2, 0) is 4.79 Å². The Morgan fingerprint density at radius 3 is 2.87 bits per heavy atom. The van der Waals surface area contributed by atoms with Crippen LogP contribution in [0.5, 0.6) is 0 Å². The molecule has 1 fully saturated rings. The molecule has 0 aromatic rings. The molecule has 1 unspecified atom stereocenters. The quantitative estimate of drug-likeness (QED) is 0.730. The van der Waals surface area contributed by atoms with E-state index in [9.17, 15) is 9.59 Å². The summed E-state index contributed by atoms with van der Waals surface area (Å²) in [6.45, 7) is 3.92. The van der Waals surface area contributed by atoms with Crippen molar-refractivity contribution in [1.82, 2.24) is 10.2 Å². The maximum atomic E-state index is 11.5. The number of amides is 2. The average Bonchev–Trinajstić information content (AvgIpc) is 2.61. The number of carboxylic acid groups (broad SMARTS) is 1. The number of nitrogens with zero attached hydrogens (tertiary/aromatic N) is 1. The third-order valence-electron chi connectivity index (χ3n) is 2.56. The second-order valence-electron chi connectivity index (χ2n) is 3.93. The van der Waals surface area contributed by atoms with E-state index in [2.05, 4.69) is 5.32 Å². The average molecular weight is 214 g/mol. The molecule has 5 heteroatoms. The minimum atomic E-state index is -0.782. The van der Waals surface area contributed by atoms with E-state index >= 15 is 0 Å². The number of urea groups is 1. The maximum absolute atomic E-state index is 11.5. The minimum Gasteiger partial charge on any atom is -0.481 e. The van der Waals surface area contributed by atoms with Gasteiger partial charge in [-0.2, -0.15) is 0 Å². The minimum absolute atomic E-state index is 0.0651. The Hall–Kier alpha value is -1.26. The predicted octanol–water partition coefficient (Wildman–Crippen LogP) is 0.903. The van der Waals surface area contributed by atoms with Gasteiger partial charge in [-0.1, -0.05) is 6.92 Å². The van der Waals surface area contributed by atoms with E-state index in [4.69, 9.17) is 5.11 Å². The predicted molar refractivity (Wildman–Crippen MR) is 55.6 cm³/mol. The van der Waals surface area contributed by atoms with Crippen molar-refractivity contribution in [3.05, 3.63) is 0 Å². The number of carbonyl (C=O) groups excluding carboxylic acids is 1. The standard InChI is InChI=1S/C10H18N2O3/c1-2-4-11-10(15)12-5-3-8(7-12)6-9(13)14/h8H,2-7H2,1H3,(H,11,15)(H,13,14). The Labute approximate surface area is 89.4 Å². The largest absolute Gasteiger partial charge is 0.481 e. The number of likely N-dealkylation sites (tertiary alicyclic amines) is 1. The molecule has 0 aromatic heterocycles. The number of carboxylic acids is 1. The Morgan fingerprint density at radius 2 is 2.27 bits per heavy atom. The summed E-state index contributed by atoms with van der Waals surface area (Å²) in [5.41, 5.74) is 0. The van der Waals surface area contributed by atoms with Crippen LogP contribution in [0.15, 0.2) is 0 Å². The second kappa shape index (κ2) is 5.58. The van der Waals surface area contributed by atoms with Gasteiger partial charge in [0.2, 0.25) is 0 Å². The van der Waals surface area contributed by atoms with E-state index in [-0.39, 0.29) is 18.4 Å². The molecular weight excluding hydrogens is 196 g/mol. The third-order valence-corrected chi connectivity index (χ3v) is 2.56. The first kappa shape index (κ1) is 11.8. The summed E-state index contributed by atoms with van der Waals surface area (Å²) in [6.07, 6.45) is 1.88. The van der Waals surface area contributed by atoms with Crippen LogP contribution in [-0.4, -0.2) is 41.6 Å². The topological polar surface area (TPSA) is 69.6 Å². The number of carbonyl (C=O) groups is 2. The van der Waals surface area contributed by atoms with Crippen molar-refractivity contribution in [2.45, 2.75) is 26.2 Å². The van der Waals surface area contributed by atoms with Crippen LogP contribution in [0.3, 0.4) is 0 Å². The van der Waals surface area contributed by atoms with Crippen LogP contribution >= 0.6 is 0 Å². The third kappa shape index (κ3) is 3.77. The van der Waals surface area contributed by atoms with Crippen LogP contribution < -0.4 is 5.32 Å². The summed E-state index contributed by atoms with van der Waals surface area (Å²) in [5, 5.41) is 11.4. The van der Waals surface area contributed by atoms with E-state index in [1.54, 1.807) is 4.90 Å². The van der Waals surface area contributed by atoms with Crippen LogP contribution in [0.1, 0.15) is 26.2 Å². The Morgan fingerprint density at radius 1 is 1.53 bits per heavy atom. The van der Waals surface area contributed by atoms with Crippen molar-refractivity contribution in [3.63, 3.8) is 0 Å². The molecule has 0 spiro atoms. The van der Waals surface area contributed by atoms with E-state index in [0.29, 0.717) is 19.6 Å². The van der Waals surface area contributed by atoms with E-state index in [1.807, 2.05) is 6.92 Å². The number of hydrogen-bond acceptors (Lipinski definition) is 2. The van der Waals surface area contributed by atoms with Gasteiger partial charge in [0.1, 0.15) is 0 Å². The van der Waals surface area contributed by atoms with Gasteiger partial charge in [-0.3, -0.25) is 4.79 Å². The lowest BCUT2D eigenvalue weighted by Crippen LogP contribution is -2.38. The molecule has 15 heavy (non-hydrogen) atoms. The molecule has 1 rings (SSSR count). The molecule has 0 radical (unpaired) electrons. The number of nitrogens with one attached hydrogen (secondary N) is 1. The molecular formula is C10H18N2O3. The van der Waals surface area contributed by atoms with E-state index < -0.39 is 5.97 Å². The van der Waals surface area contributed by atoms with Gasteiger partial charge >= 0.3 is 12.0 Å². The highest BCUT2D eigenvalue weighted by molar-refractivity contribution is 5.74. The highest BCUT2D eigenvalue weighted by Crippen LogP contribution is 2.19. The number of hydrogen-bond donors (Lipinski definition) is 2. The molecule has 1 aliphatic rings. The second-order valence-corrected chi connectivity index (χ2v) is 3.93. The Balaban J connectivity index is 2.29. The van der Waals surface area contributed by atoms with Crippen LogP contribution in [0, 0.1) is 5.92 Å². The van der Waals surface area contributed by atoms with Crippen LogP contribution in [0.25, 0.3) is 0 Å². The first-order chi connectivity index (χ1) is 7.13. The van der Waals surface area contributed by atoms with Gasteiger partial charge in [0.05, 0.1) is 0 Å². The molecule has 1 saturated heterocycles. The van der Waals surface area contributed by atoms with Gasteiger partial charge in [-0.05, 0) is 18.8 Å². The van der Waals surface area contributed by atoms with Crippen molar-refractivity contribution in [3.8, 4) is 0 Å². The molecule has 86 valence electrons. The summed E-state index contributed by atoms with van der Waals surface area (Å²) in [4.78, 5) is 23.7. The van der Waals surface area contributed by atoms with Crippen LogP contribution in [0.4, 0.5) is 4.79 Å². The number of aliphatic carboxylic acids is 1. The molecule has 2 N–H and O–H groups in total. The molecule has 2 amide bonds. The van der Waals surface area contributed by atoms with E-state index in [0.717, 1.165) is 12.8 Å². The van der Waals surface area contributed by atoms with Gasteiger partial charge in [0.25, 0.3) is 0 Å². The molecule has 5 nitrogen and oxygen atoms in total. The van der Waals surface area contributed by atoms with Gasteiger partial charge in [-0.25, -0.2) is 4.79 Å². The lowest BCUT2D eigenvalue weighted by Gasteiger charge is -2.16. The van der Waals surface area contributed by atoms with Crippen molar-refractivity contribution in [2.75, 3.05) is 19.6 Å². The summed E-state index contributed by atoms with van der Waals surface area (Å²) in [6, 6.07) is -0.0651. The smallest absolute Gasteiger partial charge is 0.317 e. The summed E-state index contributed by atoms with van der Waals surface area (Å²) >= 11 is 0. The molecule has 0 saturated carbocycles. The summed E-state index contributed by atoms with van der Waals surface area (Å²) in [5.74, 6) is -0.661. The molecule has 0 aliphatic carbocycles. The molecule has 0 bridgehead atoms. The molecule has 1 atom stereocenters. The summed E-state index contributed by atoms with van der Waals surface area (Å²) < 4.78 is 0. The molecule has 1 heterocycles. The molecule has 0 aromatic carbocycles.